The van der Waals surface area contributed by atoms with Crippen LogP contribution in [-0.2, 0) is 20.2 Å². The van der Waals surface area contributed by atoms with Gasteiger partial charge in [0, 0.05) is 12.7 Å². The molecule has 0 aliphatic heterocycles. The molecule has 0 saturated carbocycles. The number of anilines is 2. The fourth-order valence-corrected chi connectivity index (χ4v) is 4.39. The van der Waals surface area contributed by atoms with Gasteiger partial charge in [0.15, 0.2) is 6.61 Å². The largest absolute Gasteiger partial charge is 0.484 e. The molecular weight excluding hydrogens is 436 g/mol. The lowest BCUT2D eigenvalue weighted by Crippen LogP contribution is -2.26. The predicted octanol–water partition coefficient (Wildman–Crippen LogP) is 5.22. The first-order valence-corrected chi connectivity index (χ1v) is 12.2. The topological polar surface area (TPSA) is 75.7 Å². The van der Waals surface area contributed by atoms with Crippen molar-refractivity contribution in [3.05, 3.63) is 84.4 Å². The number of ether oxygens (including phenoxy) is 1. The van der Waals surface area contributed by atoms with Crippen molar-refractivity contribution in [1.29, 1.82) is 0 Å². The van der Waals surface area contributed by atoms with Crippen LogP contribution >= 0.6 is 0 Å². The highest BCUT2D eigenvalue weighted by molar-refractivity contribution is 7.92. The van der Waals surface area contributed by atoms with Gasteiger partial charge < -0.3 is 10.1 Å². The number of rotatable bonds is 9. The summed E-state index contributed by atoms with van der Waals surface area (Å²) in [6, 6.07) is 22.7. The van der Waals surface area contributed by atoms with Crippen LogP contribution in [-0.4, -0.2) is 28.0 Å². The number of benzene rings is 3. The fourth-order valence-electron chi connectivity index (χ4n) is 3.20. The highest BCUT2D eigenvalue weighted by atomic mass is 32.2. The van der Waals surface area contributed by atoms with E-state index in [4.69, 9.17) is 4.74 Å². The minimum Gasteiger partial charge on any atom is -0.484 e. The van der Waals surface area contributed by atoms with Crippen molar-refractivity contribution in [2.24, 2.45) is 0 Å². The van der Waals surface area contributed by atoms with Gasteiger partial charge in [0.2, 0.25) is 0 Å². The molecular formula is C26H30N2O4S. The number of hydrogen-bond donors (Lipinski definition) is 1. The van der Waals surface area contributed by atoms with Crippen LogP contribution in [0.3, 0.4) is 0 Å². The molecule has 1 amide bonds. The van der Waals surface area contributed by atoms with Gasteiger partial charge in [0.25, 0.3) is 15.9 Å². The molecule has 0 radical (unpaired) electrons. The summed E-state index contributed by atoms with van der Waals surface area (Å²) in [5.74, 6) is 0.288. The van der Waals surface area contributed by atoms with Crippen molar-refractivity contribution in [2.75, 3.05) is 23.3 Å². The summed E-state index contributed by atoms with van der Waals surface area (Å²) in [5, 5.41) is 2.72. The summed E-state index contributed by atoms with van der Waals surface area (Å²) in [6.45, 7) is 6.38. The van der Waals surface area contributed by atoms with Gasteiger partial charge in [-0.3, -0.25) is 9.10 Å². The van der Waals surface area contributed by atoms with Crippen LogP contribution in [0.25, 0.3) is 0 Å². The summed E-state index contributed by atoms with van der Waals surface area (Å²) >= 11 is 0. The van der Waals surface area contributed by atoms with E-state index in [2.05, 4.69) is 26.1 Å². The average Bonchev–Trinajstić information content (AvgIpc) is 2.83. The molecule has 0 spiro atoms. The molecule has 0 bridgehead atoms. The van der Waals surface area contributed by atoms with E-state index in [1.54, 1.807) is 36.4 Å². The average molecular weight is 467 g/mol. The SMILES string of the molecule is CCC(C)(C)c1ccc(OCC(=O)Nc2ccc(S(=O)(=O)N(C)c3ccccc3)cc2)cc1. The normalized spacial score (nSPS) is 11.6. The standard InChI is InChI=1S/C26H30N2O4S/c1-5-26(2,3)20-11-15-23(16-12-20)32-19-25(29)27-21-13-17-24(18-14-21)33(30,31)28(4)22-9-7-6-8-10-22/h6-18H,5,19H2,1-4H3,(H,27,29). The third-order valence-corrected chi connectivity index (χ3v) is 7.61. The molecule has 0 aromatic heterocycles. The van der Waals surface area contributed by atoms with E-state index >= 15 is 0 Å². The number of carbonyl (C=O) groups excluding carboxylic acids is 1. The second-order valence-electron chi connectivity index (χ2n) is 8.43. The molecule has 3 aromatic carbocycles. The minimum atomic E-state index is -3.70. The van der Waals surface area contributed by atoms with Crippen LogP contribution in [0.1, 0.15) is 32.8 Å². The second kappa shape index (κ2) is 10.1. The lowest BCUT2D eigenvalue weighted by Gasteiger charge is -2.23. The molecule has 6 nitrogen and oxygen atoms in total. The Labute approximate surface area is 196 Å². The molecule has 0 aliphatic rings. The van der Waals surface area contributed by atoms with Crippen LogP contribution in [0, 0.1) is 0 Å². The van der Waals surface area contributed by atoms with Gasteiger partial charge in [0.1, 0.15) is 5.75 Å². The molecule has 0 aliphatic carbocycles. The van der Waals surface area contributed by atoms with Gasteiger partial charge in [-0.25, -0.2) is 8.42 Å². The Hall–Kier alpha value is -3.32. The van der Waals surface area contributed by atoms with Crippen LogP contribution in [0.4, 0.5) is 11.4 Å². The van der Waals surface area contributed by atoms with Gasteiger partial charge in [-0.2, -0.15) is 0 Å². The third kappa shape index (κ3) is 5.93. The quantitative estimate of drug-likeness (QED) is 0.469. The first-order valence-electron chi connectivity index (χ1n) is 10.8. The maximum absolute atomic E-state index is 12.8. The van der Waals surface area contributed by atoms with Gasteiger partial charge >= 0.3 is 0 Å². The Balaban J connectivity index is 1.58. The summed E-state index contributed by atoms with van der Waals surface area (Å²) in [4.78, 5) is 12.4. The maximum atomic E-state index is 12.8. The number of nitrogens with one attached hydrogen (secondary N) is 1. The van der Waals surface area contributed by atoms with Gasteiger partial charge in [0.05, 0.1) is 10.6 Å². The lowest BCUT2D eigenvalue weighted by atomic mass is 9.82. The van der Waals surface area contributed by atoms with Crippen molar-refractivity contribution < 1.29 is 17.9 Å². The van der Waals surface area contributed by atoms with Crippen LogP contribution in [0.2, 0.25) is 0 Å². The van der Waals surface area contributed by atoms with Crippen molar-refractivity contribution in [3.8, 4) is 5.75 Å². The third-order valence-electron chi connectivity index (χ3n) is 5.81. The van der Waals surface area contributed by atoms with E-state index in [1.807, 2.05) is 30.3 Å². The summed E-state index contributed by atoms with van der Waals surface area (Å²) in [6.07, 6.45) is 1.03. The molecule has 3 aromatic rings. The highest BCUT2D eigenvalue weighted by Crippen LogP contribution is 2.28. The molecule has 33 heavy (non-hydrogen) atoms. The zero-order chi connectivity index (χ0) is 24.1. The van der Waals surface area contributed by atoms with E-state index in [9.17, 15) is 13.2 Å². The molecule has 1 N–H and O–H groups in total. The fraction of sp³-hybridized carbons (Fsp3) is 0.269. The van der Waals surface area contributed by atoms with E-state index in [0.29, 0.717) is 17.1 Å². The Morgan fingerprint density at radius 2 is 1.55 bits per heavy atom. The Morgan fingerprint density at radius 1 is 0.939 bits per heavy atom. The molecule has 0 fully saturated rings. The molecule has 174 valence electrons. The van der Waals surface area contributed by atoms with E-state index in [0.717, 1.165) is 6.42 Å². The first kappa shape index (κ1) is 24.3. The lowest BCUT2D eigenvalue weighted by molar-refractivity contribution is -0.118. The van der Waals surface area contributed by atoms with Crippen LogP contribution < -0.4 is 14.4 Å². The van der Waals surface area contributed by atoms with Gasteiger partial charge in [-0.1, -0.05) is 51.1 Å². The molecule has 7 heteroatoms. The summed E-state index contributed by atoms with van der Waals surface area (Å²) < 4.78 is 32.5. The number of nitrogens with zero attached hydrogens (tertiary/aromatic N) is 1. The van der Waals surface area contributed by atoms with Crippen molar-refractivity contribution in [3.63, 3.8) is 0 Å². The number of amides is 1. The molecule has 0 atom stereocenters. The van der Waals surface area contributed by atoms with Crippen molar-refractivity contribution in [1.82, 2.24) is 0 Å². The summed E-state index contributed by atoms with van der Waals surface area (Å²) in [5.41, 5.74) is 2.36. The van der Waals surface area contributed by atoms with Crippen molar-refractivity contribution >= 4 is 27.3 Å². The predicted molar refractivity (Wildman–Crippen MR) is 132 cm³/mol. The Bertz CT molecular complexity index is 1170. The number of sulfonamides is 1. The molecule has 0 saturated heterocycles. The minimum absolute atomic E-state index is 0.0887. The highest BCUT2D eigenvalue weighted by Gasteiger charge is 2.21. The second-order valence-corrected chi connectivity index (χ2v) is 10.4. The number of carbonyl (C=O) groups is 1. The Morgan fingerprint density at radius 3 is 2.12 bits per heavy atom. The first-order chi connectivity index (χ1) is 15.6. The molecule has 3 rings (SSSR count). The number of hydrogen-bond acceptors (Lipinski definition) is 4. The van der Waals surface area contributed by atoms with Crippen molar-refractivity contribution in [2.45, 2.75) is 37.5 Å². The van der Waals surface area contributed by atoms with Gasteiger partial charge in [-0.15, -0.1) is 0 Å². The van der Waals surface area contributed by atoms with E-state index < -0.39 is 10.0 Å². The monoisotopic (exact) mass is 466 g/mol. The van der Waals surface area contributed by atoms with E-state index in [1.165, 1.54) is 29.0 Å². The zero-order valence-electron chi connectivity index (χ0n) is 19.4. The van der Waals surface area contributed by atoms with Crippen LogP contribution in [0.15, 0.2) is 83.8 Å². The summed E-state index contributed by atoms with van der Waals surface area (Å²) in [7, 11) is -2.20. The van der Waals surface area contributed by atoms with E-state index in [-0.39, 0.29) is 22.8 Å². The zero-order valence-corrected chi connectivity index (χ0v) is 20.2. The molecule has 0 heterocycles. The van der Waals surface area contributed by atoms with Crippen LogP contribution in [0.5, 0.6) is 5.75 Å². The number of para-hydroxylation sites is 1. The molecule has 0 unspecified atom stereocenters. The maximum Gasteiger partial charge on any atom is 0.264 e. The smallest absolute Gasteiger partial charge is 0.264 e. The van der Waals surface area contributed by atoms with Gasteiger partial charge in [-0.05, 0) is 65.9 Å². The Kier molecular flexibility index (Phi) is 7.43.